The number of amides is 1. The van der Waals surface area contributed by atoms with E-state index in [1.165, 1.54) is 17.9 Å². The van der Waals surface area contributed by atoms with Gasteiger partial charge in [-0.2, -0.15) is 11.8 Å². The van der Waals surface area contributed by atoms with Gasteiger partial charge in [-0.1, -0.05) is 20.8 Å². The number of rotatable bonds is 5. The van der Waals surface area contributed by atoms with Crippen molar-refractivity contribution in [2.75, 3.05) is 24.6 Å². The van der Waals surface area contributed by atoms with Gasteiger partial charge in [0.2, 0.25) is 5.91 Å². The Morgan fingerprint density at radius 1 is 1.53 bits per heavy atom. The minimum absolute atomic E-state index is 0.0379. The predicted octanol–water partition coefficient (Wildman–Crippen LogP) is 1.87. The zero-order valence-electron chi connectivity index (χ0n) is 11.3. The molecule has 0 radical (unpaired) electrons. The van der Waals surface area contributed by atoms with E-state index in [0.29, 0.717) is 12.5 Å². The third-order valence-electron chi connectivity index (χ3n) is 3.10. The number of hydrogen-bond donors (Lipinski definition) is 2. The lowest BCUT2D eigenvalue weighted by Gasteiger charge is -2.24. The number of thioether (sulfide) groups is 1. The van der Waals surface area contributed by atoms with Crippen molar-refractivity contribution in [3.63, 3.8) is 0 Å². The normalized spacial score (nSPS) is 22.5. The Kier molecular flexibility index (Phi) is 5.80. The summed E-state index contributed by atoms with van der Waals surface area (Å²) in [6, 6.07) is 0. The molecule has 1 rings (SSSR count). The first-order valence-corrected chi connectivity index (χ1v) is 7.63. The summed E-state index contributed by atoms with van der Waals surface area (Å²) >= 11 is 1.98. The van der Waals surface area contributed by atoms with Gasteiger partial charge in [0.05, 0.1) is 5.92 Å². The lowest BCUT2D eigenvalue weighted by atomic mass is 9.84. The van der Waals surface area contributed by atoms with Crippen LogP contribution in [0.2, 0.25) is 0 Å². The highest BCUT2D eigenvalue weighted by molar-refractivity contribution is 7.99. The first-order chi connectivity index (χ1) is 7.92. The van der Waals surface area contributed by atoms with Crippen LogP contribution in [0.15, 0.2) is 0 Å². The molecule has 0 aromatic carbocycles. The minimum atomic E-state index is -0.0379. The van der Waals surface area contributed by atoms with Crippen LogP contribution >= 0.6 is 11.8 Å². The van der Waals surface area contributed by atoms with E-state index >= 15 is 0 Å². The number of nitrogens with one attached hydrogen (secondary N) is 1. The largest absolute Gasteiger partial charge is 0.356 e. The summed E-state index contributed by atoms with van der Waals surface area (Å²) in [5, 5.41) is 3.07. The molecule has 4 heteroatoms. The molecular weight excluding hydrogens is 232 g/mol. The molecule has 1 heterocycles. The van der Waals surface area contributed by atoms with Crippen LogP contribution in [0.1, 0.15) is 33.6 Å². The van der Waals surface area contributed by atoms with Crippen molar-refractivity contribution >= 4 is 17.7 Å². The maximum absolute atomic E-state index is 12.0. The average Bonchev–Trinajstić information content (AvgIpc) is 2.74. The molecule has 0 spiro atoms. The molecule has 0 bridgehead atoms. The van der Waals surface area contributed by atoms with Crippen LogP contribution < -0.4 is 11.1 Å². The SMILES string of the molecule is CC(C)(C)CC(CN)C(=O)NCC1CCSC1. The van der Waals surface area contributed by atoms with Crippen molar-refractivity contribution in [1.82, 2.24) is 5.32 Å². The molecule has 1 aliphatic heterocycles. The third-order valence-corrected chi connectivity index (χ3v) is 4.33. The van der Waals surface area contributed by atoms with Crippen LogP contribution in [-0.2, 0) is 4.79 Å². The van der Waals surface area contributed by atoms with E-state index < -0.39 is 0 Å². The Labute approximate surface area is 109 Å². The number of carbonyl (C=O) groups excluding carboxylic acids is 1. The molecule has 2 unspecified atom stereocenters. The topological polar surface area (TPSA) is 55.1 Å². The van der Waals surface area contributed by atoms with E-state index in [-0.39, 0.29) is 17.2 Å². The van der Waals surface area contributed by atoms with Gasteiger partial charge in [0.15, 0.2) is 0 Å². The molecule has 0 aromatic rings. The van der Waals surface area contributed by atoms with Crippen LogP contribution in [-0.4, -0.2) is 30.5 Å². The zero-order valence-corrected chi connectivity index (χ0v) is 12.1. The summed E-state index contributed by atoms with van der Waals surface area (Å²) in [7, 11) is 0. The Balaban J connectivity index is 2.32. The summed E-state index contributed by atoms with van der Waals surface area (Å²) < 4.78 is 0. The zero-order chi connectivity index (χ0) is 12.9. The van der Waals surface area contributed by atoms with E-state index in [1.807, 2.05) is 11.8 Å². The van der Waals surface area contributed by atoms with Crippen molar-refractivity contribution < 1.29 is 4.79 Å². The van der Waals surface area contributed by atoms with Gasteiger partial charge in [0.25, 0.3) is 0 Å². The summed E-state index contributed by atoms with van der Waals surface area (Å²) in [5.74, 6) is 3.19. The second-order valence-corrected chi connectivity index (χ2v) is 7.32. The maximum Gasteiger partial charge on any atom is 0.224 e. The third kappa shape index (κ3) is 5.77. The van der Waals surface area contributed by atoms with Crippen LogP contribution in [0.5, 0.6) is 0 Å². The molecule has 3 N–H and O–H groups in total. The van der Waals surface area contributed by atoms with Gasteiger partial charge in [-0.3, -0.25) is 4.79 Å². The molecule has 1 saturated heterocycles. The van der Waals surface area contributed by atoms with Gasteiger partial charge in [-0.15, -0.1) is 0 Å². The Morgan fingerprint density at radius 2 is 2.24 bits per heavy atom. The highest BCUT2D eigenvalue weighted by atomic mass is 32.2. The summed E-state index contributed by atoms with van der Waals surface area (Å²) in [5.41, 5.74) is 5.86. The molecule has 1 amide bonds. The lowest BCUT2D eigenvalue weighted by molar-refractivity contribution is -0.125. The van der Waals surface area contributed by atoms with Crippen LogP contribution in [0.3, 0.4) is 0 Å². The number of carbonyl (C=O) groups is 1. The summed E-state index contributed by atoms with van der Waals surface area (Å²) in [4.78, 5) is 12.0. The van der Waals surface area contributed by atoms with Gasteiger partial charge in [-0.25, -0.2) is 0 Å². The maximum atomic E-state index is 12.0. The smallest absolute Gasteiger partial charge is 0.224 e. The second-order valence-electron chi connectivity index (χ2n) is 6.17. The van der Waals surface area contributed by atoms with Crippen LogP contribution in [0, 0.1) is 17.3 Å². The summed E-state index contributed by atoms with van der Waals surface area (Å²) in [6.07, 6.45) is 2.09. The van der Waals surface area contributed by atoms with E-state index in [4.69, 9.17) is 5.73 Å². The van der Waals surface area contributed by atoms with E-state index in [0.717, 1.165) is 13.0 Å². The van der Waals surface area contributed by atoms with Gasteiger partial charge >= 0.3 is 0 Å². The van der Waals surface area contributed by atoms with Gasteiger partial charge < -0.3 is 11.1 Å². The van der Waals surface area contributed by atoms with Crippen molar-refractivity contribution in [1.29, 1.82) is 0 Å². The van der Waals surface area contributed by atoms with Gasteiger partial charge in [0.1, 0.15) is 0 Å². The molecule has 1 fully saturated rings. The molecule has 2 atom stereocenters. The Morgan fingerprint density at radius 3 is 2.71 bits per heavy atom. The first-order valence-electron chi connectivity index (χ1n) is 6.48. The fourth-order valence-electron chi connectivity index (χ4n) is 2.16. The van der Waals surface area contributed by atoms with E-state index in [1.54, 1.807) is 0 Å². The fraction of sp³-hybridized carbons (Fsp3) is 0.923. The highest BCUT2D eigenvalue weighted by Gasteiger charge is 2.24. The highest BCUT2D eigenvalue weighted by Crippen LogP contribution is 2.25. The molecule has 17 heavy (non-hydrogen) atoms. The van der Waals surface area contributed by atoms with Crippen molar-refractivity contribution in [2.45, 2.75) is 33.6 Å². The molecule has 0 saturated carbocycles. The molecule has 1 aliphatic rings. The Bertz CT molecular complexity index is 244. The number of hydrogen-bond acceptors (Lipinski definition) is 3. The van der Waals surface area contributed by atoms with Crippen molar-refractivity contribution in [2.24, 2.45) is 23.0 Å². The average molecular weight is 258 g/mol. The molecular formula is C13H26N2OS. The predicted molar refractivity (Wildman–Crippen MR) is 75.1 cm³/mol. The molecule has 3 nitrogen and oxygen atoms in total. The monoisotopic (exact) mass is 258 g/mol. The fourth-order valence-corrected chi connectivity index (χ4v) is 3.44. The van der Waals surface area contributed by atoms with E-state index in [9.17, 15) is 4.79 Å². The lowest BCUT2D eigenvalue weighted by Crippen LogP contribution is -2.39. The van der Waals surface area contributed by atoms with Gasteiger partial charge in [0, 0.05) is 13.1 Å². The Hall–Kier alpha value is -0.220. The van der Waals surface area contributed by atoms with Crippen molar-refractivity contribution in [3.05, 3.63) is 0 Å². The number of nitrogens with two attached hydrogens (primary N) is 1. The molecule has 0 aromatic heterocycles. The summed E-state index contributed by atoms with van der Waals surface area (Å²) in [6.45, 7) is 7.72. The molecule has 100 valence electrons. The standard InChI is InChI=1S/C13H26N2OS/c1-13(2,3)6-11(7-14)12(16)15-8-10-4-5-17-9-10/h10-11H,4-9,14H2,1-3H3,(H,15,16). The van der Waals surface area contributed by atoms with E-state index in [2.05, 4.69) is 26.1 Å². The first kappa shape index (κ1) is 14.8. The van der Waals surface area contributed by atoms with Crippen molar-refractivity contribution in [3.8, 4) is 0 Å². The second kappa shape index (κ2) is 6.64. The molecule has 0 aliphatic carbocycles. The minimum Gasteiger partial charge on any atom is -0.356 e. The quantitative estimate of drug-likeness (QED) is 0.791. The van der Waals surface area contributed by atoms with Crippen LogP contribution in [0.25, 0.3) is 0 Å². The van der Waals surface area contributed by atoms with Crippen LogP contribution in [0.4, 0.5) is 0 Å². The van der Waals surface area contributed by atoms with Gasteiger partial charge in [-0.05, 0) is 35.7 Å².